The van der Waals surface area contributed by atoms with E-state index in [1.54, 1.807) is 0 Å². The van der Waals surface area contributed by atoms with Crippen LogP contribution in [0.4, 0.5) is 0 Å². The number of rotatable bonds is 0. The maximum absolute atomic E-state index is 0. The van der Waals surface area contributed by atoms with Gasteiger partial charge >= 0.3 is 0 Å². The van der Waals surface area contributed by atoms with E-state index in [4.69, 9.17) is 0 Å². The molecule has 0 aromatic heterocycles. The van der Waals surface area contributed by atoms with Gasteiger partial charge in [-0.15, -0.1) is 0 Å². The molecule has 0 saturated carbocycles. The van der Waals surface area contributed by atoms with E-state index in [0.717, 1.165) is 0 Å². The summed E-state index contributed by atoms with van der Waals surface area (Å²) in [4.78, 5) is 0. The van der Waals surface area contributed by atoms with Crippen molar-refractivity contribution in [3.63, 3.8) is 0 Å². The van der Waals surface area contributed by atoms with Gasteiger partial charge in [-0.3, -0.25) is 0 Å². The van der Waals surface area contributed by atoms with Crippen molar-refractivity contribution < 1.29 is 345 Å². The average molecular weight is 1160 g/mol. The predicted molar refractivity (Wildman–Crippen MR) is 7.23 cm³/mol. The summed E-state index contributed by atoms with van der Waals surface area (Å²) in [6.45, 7) is 0. The van der Waals surface area contributed by atoms with Crippen molar-refractivity contribution in [2.24, 2.45) is 0 Å². The zero-order chi connectivity index (χ0) is 0. The molecule has 0 fully saturated rings. The first-order valence-corrected chi connectivity index (χ1v) is 0. The quantitative estimate of drug-likeness (QED) is 0.280. The van der Waals surface area contributed by atoms with Gasteiger partial charge in [0.05, 0.1) is 0 Å². The van der Waals surface area contributed by atoms with Crippen molar-refractivity contribution in [1.29, 1.82) is 0 Å². The van der Waals surface area contributed by atoms with Gasteiger partial charge in [-0.1, -0.05) is 0 Å². The minimum atomic E-state index is 0. The molecule has 2 nitrogen and oxygen atoms in total. The van der Waals surface area contributed by atoms with Crippen LogP contribution in [0.2, 0.25) is 0 Å². The molecule has 0 radical (unpaired) electrons. The minimum Gasteiger partial charge on any atom is -0.412 e. The van der Waals surface area contributed by atoms with Crippen LogP contribution in [-0.2, 0) is 0 Å². The molecule has 10 heavy (non-hydrogen) atoms. The van der Waals surface area contributed by atoms with Gasteiger partial charge in [0.1, 0.15) is 0 Å². The molecule has 0 saturated heterocycles. The maximum atomic E-state index is 0. The van der Waals surface area contributed by atoms with E-state index < -0.39 is 0 Å². The van der Waals surface area contributed by atoms with Crippen LogP contribution in [0.15, 0.2) is 0 Å². The van der Waals surface area contributed by atoms with Crippen LogP contribution in [0.25, 0.3) is 0 Å². The van der Waals surface area contributed by atoms with E-state index in [2.05, 4.69) is 0 Å². The zero-order valence-electron chi connectivity index (χ0n) is 5.00. The Morgan fingerprint density at radius 2 is 0.200 bits per heavy atom. The molecular weight excluding hydrogens is 1150 g/mol. The summed E-state index contributed by atoms with van der Waals surface area (Å²) >= 11 is 0. The molecule has 0 heterocycles. The van der Waals surface area contributed by atoms with Gasteiger partial charge in [0.25, 0.3) is 0 Å². The van der Waals surface area contributed by atoms with Gasteiger partial charge in [-0.2, -0.15) is 0 Å². The maximum Gasteiger partial charge on any atom is 0 e. The summed E-state index contributed by atoms with van der Waals surface area (Å²) in [5.74, 6) is 0. The Kier molecular flexibility index (Phi) is 416. The predicted octanol–water partition coefficient (Wildman–Crippen LogP) is -1.65. The van der Waals surface area contributed by atoms with Gasteiger partial charge in [-0.05, 0) is 0 Å². The first kappa shape index (κ1) is 69.6. The Hall–Kier alpha value is 10.9. The van der Waals surface area contributed by atoms with Gasteiger partial charge in [0, 0.05) is 334 Å². The smallest absolute Gasteiger partial charge is 0 e. The summed E-state index contributed by atoms with van der Waals surface area (Å²) in [7, 11) is 0. The van der Waals surface area contributed by atoms with Crippen LogP contribution in [0, 0.1) is 334 Å². The summed E-state index contributed by atoms with van der Waals surface area (Å²) in [6, 6.07) is 0. The molecule has 0 aromatic carbocycles. The topological polar surface area (TPSA) is 63.0 Å². The average Bonchev–Trinajstić information content (AvgIpc) is 0. The van der Waals surface area contributed by atoms with E-state index >= 15 is 0 Å². The minimum absolute atomic E-state index is 0. The molecule has 48 valence electrons. The molecule has 0 unspecified atom stereocenters. The molecule has 10 heteroatoms. The van der Waals surface area contributed by atoms with Crippen molar-refractivity contribution >= 4 is 0 Å². The zero-order valence-corrected chi connectivity index (χ0v) is 30.1. The van der Waals surface area contributed by atoms with Crippen molar-refractivity contribution in [2.45, 2.75) is 0 Å². The molecule has 0 aliphatic carbocycles. The Bertz CT molecular complexity index is 7.22. The van der Waals surface area contributed by atoms with Crippen LogP contribution < -0.4 is 0 Å². The second-order valence-electron chi connectivity index (χ2n) is 0. The van der Waals surface area contributed by atoms with Crippen molar-refractivity contribution in [3.05, 3.63) is 0 Å². The van der Waals surface area contributed by atoms with Gasteiger partial charge in [0.15, 0.2) is 0 Å². The Labute approximate surface area is 331 Å². The summed E-state index contributed by atoms with van der Waals surface area (Å²) in [5, 5.41) is 0. The van der Waals surface area contributed by atoms with E-state index in [0.29, 0.717) is 0 Å². The van der Waals surface area contributed by atoms with Crippen LogP contribution >= 0.6 is 0 Å². The fourth-order valence-corrected chi connectivity index (χ4v) is 0. The molecule has 0 aliphatic rings. The first-order valence-electron chi connectivity index (χ1n) is 0. The van der Waals surface area contributed by atoms with Crippen LogP contribution in [0.3, 0.4) is 0 Å². The van der Waals surface area contributed by atoms with E-state index in [1.807, 2.05) is 0 Å². The molecule has 0 amide bonds. The fraction of sp³-hybridized carbons (Fsp3) is 0. The van der Waals surface area contributed by atoms with Gasteiger partial charge in [0.2, 0.25) is 0 Å². The summed E-state index contributed by atoms with van der Waals surface area (Å²) in [5.41, 5.74) is 0. The Morgan fingerprint density at radius 1 is 0.200 bits per heavy atom. The molecule has 0 aromatic rings. The second-order valence-corrected chi connectivity index (χ2v) is 0. The molecular formula is H4Ce8O2. The van der Waals surface area contributed by atoms with Crippen molar-refractivity contribution in [3.8, 4) is 0 Å². The third-order valence-corrected chi connectivity index (χ3v) is 0. The SMILES string of the molecule is O.O.[Ce].[Ce].[Ce].[Ce].[Ce].[Ce].[Ce].[Ce]. The molecule has 0 spiro atoms. The Morgan fingerprint density at radius 3 is 0.200 bits per heavy atom. The van der Waals surface area contributed by atoms with Gasteiger partial charge < -0.3 is 11.0 Å². The van der Waals surface area contributed by atoms with Crippen molar-refractivity contribution in [2.75, 3.05) is 0 Å². The largest absolute Gasteiger partial charge is 0.412 e. The monoisotopic (exact) mass is 1160 g/mol. The fourth-order valence-electron chi connectivity index (χ4n) is 0. The molecule has 0 atom stereocenters. The molecule has 0 rings (SSSR count). The van der Waals surface area contributed by atoms with Crippen LogP contribution in [-0.4, -0.2) is 11.0 Å². The second kappa shape index (κ2) is 59.8. The third kappa shape index (κ3) is 50.9. The molecule has 0 bridgehead atoms. The molecule has 4 N–H and O–H groups in total. The number of hydrogen-bond donors (Lipinski definition) is 0. The summed E-state index contributed by atoms with van der Waals surface area (Å²) in [6.07, 6.45) is 0. The van der Waals surface area contributed by atoms with E-state index in [-0.39, 0.29) is 345 Å². The standard InChI is InChI=1S/8Ce.2H2O/h;;;;;;;;2*1H2. The van der Waals surface area contributed by atoms with E-state index in [9.17, 15) is 0 Å². The normalized spacial score (nSPS) is 0. The van der Waals surface area contributed by atoms with Crippen LogP contribution in [0.5, 0.6) is 0 Å². The van der Waals surface area contributed by atoms with E-state index in [1.165, 1.54) is 0 Å². The summed E-state index contributed by atoms with van der Waals surface area (Å²) < 4.78 is 0. The third-order valence-electron chi connectivity index (χ3n) is 0. The molecule has 0 aliphatic heterocycles. The number of hydrogen-bond acceptors (Lipinski definition) is 0. The van der Waals surface area contributed by atoms with Crippen LogP contribution in [0.1, 0.15) is 0 Å². The first-order chi connectivity index (χ1) is 0. The van der Waals surface area contributed by atoms with Crippen molar-refractivity contribution in [1.82, 2.24) is 0 Å². The Balaban J connectivity index is 0. The van der Waals surface area contributed by atoms with Gasteiger partial charge in [-0.25, -0.2) is 0 Å².